The summed E-state index contributed by atoms with van der Waals surface area (Å²) in [6, 6.07) is 17.9. The molecule has 0 aromatic heterocycles. The van der Waals surface area contributed by atoms with Crippen molar-refractivity contribution in [1.29, 1.82) is 0 Å². The van der Waals surface area contributed by atoms with Crippen molar-refractivity contribution in [3.63, 3.8) is 0 Å². The molecule has 0 amide bonds. The molecule has 0 aliphatic carbocycles. The van der Waals surface area contributed by atoms with E-state index in [1.165, 1.54) is 5.56 Å². The molecular formula is C21H21NO3. The Labute approximate surface area is 147 Å². The van der Waals surface area contributed by atoms with Gasteiger partial charge in [0.2, 0.25) is 0 Å². The van der Waals surface area contributed by atoms with Crippen LogP contribution in [0.4, 0.5) is 0 Å². The second-order valence-corrected chi connectivity index (χ2v) is 5.72. The van der Waals surface area contributed by atoms with Crippen LogP contribution in [0.25, 0.3) is 5.70 Å². The maximum Gasteiger partial charge on any atom is 0.344 e. The summed E-state index contributed by atoms with van der Waals surface area (Å²) in [7, 11) is 0. The van der Waals surface area contributed by atoms with Crippen LogP contribution in [0.1, 0.15) is 24.5 Å². The third kappa shape index (κ3) is 4.57. The smallest absolute Gasteiger partial charge is 0.344 e. The van der Waals surface area contributed by atoms with E-state index in [0.717, 1.165) is 29.8 Å². The van der Waals surface area contributed by atoms with Crippen LogP contribution in [0.15, 0.2) is 65.7 Å². The Morgan fingerprint density at radius 1 is 1.08 bits per heavy atom. The molecule has 1 aliphatic heterocycles. The highest BCUT2D eigenvalue weighted by molar-refractivity contribution is 5.97. The Hall–Kier alpha value is -2.88. The number of aliphatic imine (C=N–C) groups is 1. The third-order valence-corrected chi connectivity index (χ3v) is 3.87. The Kier molecular flexibility index (Phi) is 5.62. The minimum Gasteiger partial charge on any atom is -0.481 e. The van der Waals surface area contributed by atoms with Gasteiger partial charge in [-0.1, -0.05) is 48.5 Å². The first-order chi connectivity index (χ1) is 12.3. The lowest BCUT2D eigenvalue weighted by Gasteiger charge is -2.10. The highest BCUT2D eigenvalue weighted by atomic mass is 16.6. The predicted octanol–water partition coefficient (Wildman–Crippen LogP) is 4.06. The SMILES string of the molecule is CCOC(=O)COc1ccccc1C1=CCC(Cc2ccccc2)=N1. The molecule has 0 saturated heterocycles. The van der Waals surface area contributed by atoms with E-state index in [-0.39, 0.29) is 12.6 Å². The van der Waals surface area contributed by atoms with Crippen molar-refractivity contribution < 1.29 is 14.3 Å². The highest BCUT2D eigenvalue weighted by Crippen LogP contribution is 2.30. The minimum absolute atomic E-state index is 0.0985. The van der Waals surface area contributed by atoms with Gasteiger partial charge in [0.25, 0.3) is 0 Å². The molecule has 0 fully saturated rings. The van der Waals surface area contributed by atoms with Gasteiger partial charge >= 0.3 is 5.97 Å². The zero-order valence-corrected chi connectivity index (χ0v) is 14.3. The van der Waals surface area contributed by atoms with Gasteiger partial charge in [0.1, 0.15) is 5.75 Å². The molecule has 1 heterocycles. The zero-order valence-electron chi connectivity index (χ0n) is 14.3. The number of para-hydroxylation sites is 1. The number of esters is 1. The molecule has 3 rings (SSSR count). The van der Waals surface area contributed by atoms with Crippen LogP contribution < -0.4 is 4.74 Å². The van der Waals surface area contributed by atoms with Crippen molar-refractivity contribution in [3.8, 4) is 5.75 Å². The summed E-state index contributed by atoms with van der Waals surface area (Å²) in [4.78, 5) is 16.3. The fourth-order valence-corrected chi connectivity index (χ4v) is 2.73. The summed E-state index contributed by atoms with van der Waals surface area (Å²) < 4.78 is 10.5. The van der Waals surface area contributed by atoms with Crippen LogP contribution in [0.5, 0.6) is 5.75 Å². The lowest BCUT2D eigenvalue weighted by Crippen LogP contribution is -2.15. The number of benzene rings is 2. The molecule has 2 aromatic carbocycles. The van der Waals surface area contributed by atoms with E-state index in [1.807, 2.05) is 42.5 Å². The van der Waals surface area contributed by atoms with E-state index in [4.69, 9.17) is 14.5 Å². The summed E-state index contributed by atoms with van der Waals surface area (Å²) in [5.41, 5.74) is 4.17. The molecule has 0 spiro atoms. The van der Waals surface area contributed by atoms with Crippen LogP contribution in [0, 0.1) is 0 Å². The minimum atomic E-state index is -0.369. The highest BCUT2D eigenvalue weighted by Gasteiger charge is 2.15. The fourth-order valence-electron chi connectivity index (χ4n) is 2.73. The van der Waals surface area contributed by atoms with Crippen molar-refractivity contribution in [2.75, 3.05) is 13.2 Å². The molecule has 2 aromatic rings. The summed E-state index contributed by atoms with van der Waals surface area (Å²) in [6.45, 7) is 2.03. The van der Waals surface area contributed by atoms with Gasteiger partial charge in [-0.15, -0.1) is 0 Å². The number of nitrogens with zero attached hydrogens (tertiary/aromatic N) is 1. The van der Waals surface area contributed by atoms with E-state index >= 15 is 0 Å². The molecule has 25 heavy (non-hydrogen) atoms. The summed E-state index contributed by atoms with van der Waals surface area (Å²) in [6.07, 6.45) is 3.77. The van der Waals surface area contributed by atoms with Crippen molar-refractivity contribution in [1.82, 2.24) is 0 Å². The van der Waals surface area contributed by atoms with E-state index < -0.39 is 0 Å². The average Bonchev–Trinajstić information content (AvgIpc) is 3.10. The van der Waals surface area contributed by atoms with Gasteiger partial charge in [0.05, 0.1) is 12.3 Å². The van der Waals surface area contributed by atoms with Crippen LogP contribution in [0.3, 0.4) is 0 Å². The second kappa shape index (κ2) is 8.29. The largest absolute Gasteiger partial charge is 0.481 e. The topological polar surface area (TPSA) is 47.9 Å². The summed E-state index contributed by atoms with van der Waals surface area (Å²) in [5.74, 6) is 0.275. The van der Waals surface area contributed by atoms with Crippen LogP contribution >= 0.6 is 0 Å². The van der Waals surface area contributed by atoms with E-state index in [2.05, 4.69) is 18.2 Å². The normalized spacial score (nSPS) is 13.2. The Balaban J connectivity index is 1.70. The van der Waals surface area contributed by atoms with Gasteiger partial charge in [-0.2, -0.15) is 0 Å². The third-order valence-electron chi connectivity index (χ3n) is 3.87. The van der Waals surface area contributed by atoms with Crippen molar-refractivity contribution in [2.24, 2.45) is 4.99 Å². The van der Waals surface area contributed by atoms with Crippen molar-refractivity contribution in [3.05, 3.63) is 71.8 Å². The Morgan fingerprint density at radius 2 is 1.84 bits per heavy atom. The molecular weight excluding hydrogens is 314 g/mol. The average molecular weight is 335 g/mol. The van der Waals surface area contributed by atoms with Gasteiger partial charge in [0.15, 0.2) is 6.61 Å². The number of carbonyl (C=O) groups excluding carboxylic acids is 1. The van der Waals surface area contributed by atoms with Gasteiger partial charge in [-0.3, -0.25) is 4.99 Å². The molecule has 4 heteroatoms. The van der Waals surface area contributed by atoms with E-state index in [9.17, 15) is 4.79 Å². The second-order valence-electron chi connectivity index (χ2n) is 5.72. The summed E-state index contributed by atoms with van der Waals surface area (Å²) >= 11 is 0. The van der Waals surface area contributed by atoms with Crippen LogP contribution in [-0.4, -0.2) is 24.9 Å². The maximum absolute atomic E-state index is 11.5. The monoisotopic (exact) mass is 335 g/mol. The van der Waals surface area contributed by atoms with Crippen LogP contribution in [-0.2, 0) is 16.0 Å². The van der Waals surface area contributed by atoms with Crippen LogP contribution in [0.2, 0.25) is 0 Å². The first-order valence-electron chi connectivity index (χ1n) is 8.44. The number of hydrogen-bond donors (Lipinski definition) is 0. The number of rotatable bonds is 7. The molecule has 0 unspecified atom stereocenters. The lowest BCUT2D eigenvalue weighted by atomic mass is 10.1. The van der Waals surface area contributed by atoms with Gasteiger partial charge in [-0.05, 0) is 24.6 Å². The number of allylic oxidation sites excluding steroid dienone is 1. The van der Waals surface area contributed by atoms with Crippen molar-refractivity contribution >= 4 is 17.4 Å². The molecule has 1 aliphatic rings. The first kappa shape index (κ1) is 17.0. The lowest BCUT2D eigenvalue weighted by molar-refractivity contribution is -0.145. The van der Waals surface area contributed by atoms with E-state index in [0.29, 0.717) is 12.4 Å². The standard InChI is InChI=1S/C21H21NO3/c1-2-24-21(23)15-25-20-11-7-6-10-18(20)19-13-12-17(22-19)14-16-8-4-3-5-9-16/h3-11,13H,2,12,14-15H2,1H3. The van der Waals surface area contributed by atoms with Gasteiger partial charge < -0.3 is 9.47 Å². The van der Waals surface area contributed by atoms with Crippen molar-refractivity contribution in [2.45, 2.75) is 19.8 Å². The predicted molar refractivity (Wildman–Crippen MR) is 98.7 cm³/mol. The van der Waals surface area contributed by atoms with Gasteiger partial charge in [0, 0.05) is 24.1 Å². The molecule has 0 bridgehead atoms. The number of ether oxygens (including phenoxy) is 2. The maximum atomic E-state index is 11.5. The molecule has 0 atom stereocenters. The van der Waals surface area contributed by atoms with E-state index in [1.54, 1.807) is 6.92 Å². The Bertz CT molecular complexity index is 794. The molecule has 0 radical (unpaired) electrons. The fraction of sp³-hybridized carbons (Fsp3) is 0.238. The molecule has 128 valence electrons. The molecule has 0 N–H and O–H groups in total. The molecule has 0 saturated carbocycles. The first-order valence-corrected chi connectivity index (χ1v) is 8.44. The van der Waals surface area contributed by atoms with Gasteiger partial charge in [-0.25, -0.2) is 4.79 Å². The molecule has 4 nitrogen and oxygen atoms in total. The quantitative estimate of drug-likeness (QED) is 0.717. The zero-order chi connectivity index (χ0) is 17.5. The Morgan fingerprint density at radius 3 is 2.64 bits per heavy atom. The number of carbonyl (C=O) groups is 1. The number of hydrogen-bond acceptors (Lipinski definition) is 4. The summed E-state index contributed by atoms with van der Waals surface area (Å²) in [5, 5.41) is 0.